The molecule has 2 fully saturated rings. The Kier molecular flexibility index (Phi) is 6.80. The van der Waals surface area contributed by atoms with Gasteiger partial charge in [-0.15, -0.1) is 0 Å². The van der Waals surface area contributed by atoms with Crippen LogP contribution in [0.2, 0.25) is 0 Å². The van der Waals surface area contributed by atoms with E-state index in [1.165, 1.54) is 32.4 Å². The molecule has 1 saturated carbocycles. The van der Waals surface area contributed by atoms with E-state index >= 15 is 4.39 Å². The fraction of sp³-hybridized carbons (Fsp3) is 0.345. The zero-order valence-corrected chi connectivity index (χ0v) is 21.9. The molecule has 1 aromatic heterocycles. The number of allylic oxidation sites excluding steroid dienone is 6. The van der Waals surface area contributed by atoms with Crippen LogP contribution in [-0.4, -0.2) is 65.5 Å². The smallest absolute Gasteiger partial charge is 0.226 e. The number of methoxy groups -OCH3 is 1. The third-order valence-electron chi connectivity index (χ3n) is 7.35. The molecule has 2 heterocycles. The molecule has 1 atom stereocenters. The molecule has 0 bridgehead atoms. The van der Waals surface area contributed by atoms with Gasteiger partial charge in [0, 0.05) is 44.8 Å². The first-order valence-electron chi connectivity index (χ1n) is 12.8. The maximum atomic E-state index is 15.7. The summed E-state index contributed by atoms with van der Waals surface area (Å²) in [6.07, 6.45) is 9.34. The first kappa shape index (κ1) is 26.3. The highest BCUT2D eigenvalue weighted by molar-refractivity contribution is 6.46. The van der Waals surface area contributed by atoms with Crippen molar-refractivity contribution in [2.45, 2.75) is 38.8 Å². The van der Waals surface area contributed by atoms with Gasteiger partial charge in [0.25, 0.3) is 0 Å². The molecule has 2 aliphatic carbocycles. The molecule has 1 unspecified atom stereocenters. The van der Waals surface area contributed by atoms with Gasteiger partial charge in [-0.3, -0.25) is 24.0 Å². The van der Waals surface area contributed by atoms with Crippen LogP contribution in [0.1, 0.15) is 43.1 Å². The van der Waals surface area contributed by atoms with Gasteiger partial charge in [-0.1, -0.05) is 12.2 Å². The summed E-state index contributed by atoms with van der Waals surface area (Å²) in [5, 5.41) is 0.0345. The van der Waals surface area contributed by atoms with E-state index in [0.29, 0.717) is 30.7 Å². The number of aromatic nitrogens is 1. The van der Waals surface area contributed by atoms with Crippen LogP contribution in [0.15, 0.2) is 53.0 Å². The number of fused-ring (bicyclic) bond motifs is 1. The third kappa shape index (κ3) is 4.82. The summed E-state index contributed by atoms with van der Waals surface area (Å²) in [6.45, 7) is 4.63. The number of hydrogen-bond acceptors (Lipinski definition) is 7. The van der Waals surface area contributed by atoms with E-state index in [4.69, 9.17) is 4.74 Å². The van der Waals surface area contributed by atoms with Gasteiger partial charge in [0.1, 0.15) is 5.69 Å². The van der Waals surface area contributed by atoms with E-state index in [2.05, 4.69) is 0 Å². The summed E-state index contributed by atoms with van der Waals surface area (Å²) >= 11 is 0. The Morgan fingerprint density at radius 3 is 2.46 bits per heavy atom. The fourth-order valence-corrected chi connectivity index (χ4v) is 5.27. The second kappa shape index (κ2) is 10.1. The SMILES string of the molecule is COc1c(N2CCN(C(C)=O)C(C)C2)c(F)cc2c(=O)c(C(=O)C=CC3=CC(=O)C(=O)C=C3)cn(C3CC3)c12. The average Bonchev–Trinajstić information content (AvgIpc) is 3.74. The Balaban J connectivity index is 1.59. The number of piperazine rings is 1. The number of benzene rings is 1. The van der Waals surface area contributed by atoms with E-state index in [1.807, 2.05) is 16.4 Å². The summed E-state index contributed by atoms with van der Waals surface area (Å²) in [5.74, 6) is -2.42. The maximum Gasteiger partial charge on any atom is 0.226 e. The first-order chi connectivity index (χ1) is 18.6. The second-order valence-corrected chi connectivity index (χ2v) is 10.1. The molecule has 2 aromatic rings. The number of amides is 1. The first-order valence-corrected chi connectivity index (χ1v) is 12.8. The summed E-state index contributed by atoms with van der Waals surface area (Å²) in [6, 6.07) is 1.04. The minimum atomic E-state index is -0.693. The number of hydrogen-bond donors (Lipinski definition) is 0. The lowest BCUT2D eigenvalue weighted by Gasteiger charge is -2.41. The number of anilines is 1. The average molecular weight is 534 g/mol. The van der Waals surface area contributed by atoms with E-state index in [0.717, 1.165) is 37.1 Å². The van der Waals surface area contributed by atoms with E-state index in [9.17, 15) is 24.0 Å². The molecule has 0 N–H and O–H groups in total. The molecule has 1 aromatic carbocycles. The lowest BCUT2D eigenvalue weighted by atomic mass is 10.0. The quantitative estimate of drug-likeness (QED) is 0.243. The van der Waals surface area contributed by atoms with Crippen LogP contribution in [0, 0.1) is 5.82 Å². The largest absolute Gasteiger partial charge is 0.492 e. The van der Waals surface area contributed by atoms with Crippen molar-refractivity contribution in [3.8, 4) is 5.75 Å². The van der Waals surface area contributed by atoms with Gasteiger partial charge in [-0.2, -0.15) is 0 Å². The van der Waals surface area contributed by atoms with Crippen LogP contribution in [0.5, 0.6) is 5.75 Å². The van der Waals surface area contributed by atoms with Gasteiger partial charge in [0.2, 0.25) is 22.9 Å². The summed E-state index contributed by atoms with van der Waals surface area (Å²) in [4.78, 5) is 65.1. The Labute approximate surface area is 223 Å². The van der Waals surface area contributed by atoms with Crippen molar-refractivity contribution in [3.05, 3.63) is 69.8 Å². The van der Waals surface area contributed by atoms with Crippen molar-refractivity contribution >= 4 is 39.8 Å². The van der Waals surface area contributed by atoms with E-state index in [-0.39, 0.29) is 40.4 Å². The van der Waals surface area contributed by atoms with Crippen molar-refractivity contribution in [2.24, 2.45) is 0 Å². The highest BCUT2D eigenvalue weighted by atomic mass is 19.1. The number of ether oxygens (including phenoxy) is 1. The molecule has 9 nitrogen and oxygen atoms in total. The predicted molar refractivity (Wildman–Crippen MR) is 143 cm³/mol. The van der Waals surface area contributed by atoms with Gasteiger partial charge >= 0.3 is 0 Å². The normalized spacial score (nSPS) is 19.7. The van der Waals surface area contributed by atoms with Crippen molar-refractivity contribution in [3.63, 3.8) is 0 Å². The molecule has 0 spiro atoms. The molecular formula is C29H28FN3O6. The Morgan fingerprint density at radius 2 is 1.85 bits per heavy atom. The van der Waals surface area contributed by atoms with Crippen LogP contribution in [-0.2, 0) is 14.4 Å². The highest BCUT2D eigenvalue weighted by Gasteiger charge is 2.33. The van der Waals surface area contributed by atoms with Crippen LogP contribution < -0.4 is 15.1 Å². The summed E-state index contributed by atoms with van der Waals surface area (Å²) in [7, 11) is 1.42. The number of rotatable bonds is 6. The summed E-state index contributed by atoms with van der Waals surface area (Å²) in [5.41, 5.74) is 0.238. The molecule has 5 rings (SSSR count). The monoisotopic (exact) mass is 533 g/mol. The van der Waals surface area contributed by atoms with Crippen molar-refractivity contribution < 1.29 is 28.3 Å². The number of nitrogens with zero attached hydrogens (tertiary/aromatic N) is 3. The number of carbonyl (C=O) groups excluding carboxylic acids is 4. The zero-order chi connectivity index (χ0) is 28.0. The van der Waals surface area contributed by atoms with E-state index in [1.54, 1.807) is 4.90 Å². The van der Waals surface area contributed by atoms with E-state index < -0.39 is 28.6 Å². The molecular weight excluding hydrogens is 505 g/mol. The van der Waals surface area contributed by atoms with Crippen molar-refractivity contribution in [2.75, 3.05) is 31.6 Å². The second-order valence-electron chi connectivity index (χ2n) is 10.1. The predicted octanol–water partition coefficient (Wildman–Crippen LogP) is 2.91. The summed E-state index contributed by atoms with van der Waals surface area (Å²) < 4.78 is 23.3. The number of ketones is 3. The molecule has 202 valence electrons. The molecule has 1 aliphatic heterocycles. The number of carbonyl (C=O) groups is 4. The molecule has 1 saturated heterocycles. The van der Waals surface area contributed by atoms with Crippen LogP contribution in [0.3, 0.4) is 0 Å². The van der Waals surface area contributed by atoms with Crippen LogP contribution >= 0.6 is 0 Å². The van der Waals surface area contributed by atoms with Crippen LogP contribution in [0.4, 0.5) is 10.1 Å². The van der Waals surface area contributed by atoms with Crippen molar-refractivity contribution in [1.29, 1.82) is 0 Å². The molecule has 39 heavy (non-hydrogen) atoms. The maximum absolute atomic E-state index is 15.7. The minimum absolute atomic E-state index is 0.0249. The molecule has 1 amide bonds. The zero-order valence-electron chi connectivity index (χ0n) is 21.9. The Morgan fingerprint density at radius 1 is 1.10 bits per heavy atom. The van der Waals surface area contributed by atoms with Crippen molar-refractivity contribution in [1.82, 2.24) is 9.47 Å². The lowest BCUT2D eigenvalue weighted by Crippen LogP contribution is -2.53. The Hall–Kier alpha value is -4.34. The minimum Gasteiger partial charge on any atom is -0.492 e. The topological polar surface area (TPSA) is 106 Å². The fourth-order valence-electron chi connectivity index (χ4n) is 5.27. The van der Waals surface area contributed by atoms with Gasteiger partial charge < -0.3 is 19.1 Å². The lowest BCUT2D eigenvalue weighted by molar-refractivity contribution is -0.131. The molecule has 0 radical (unpaired) electrons. The van der Waals surface area contributed by atoms with Crippen LogP contribution in [0.25, 0.3) is 10.9 Å². The van der Waals surface area contributed by atoms with Gasteiger partial charge in [-0.05, 0) is 49.6 Å². The number of halogens is 1. The van der Waals surface area contributed by atoms with Gasteiger partial charge in [-0.25, -0.2) is 4.39 Å². The Bertz CT molecular complexity index is 1580. The van der Waals surface area contributed by atoms with Gasteiger partial charge in [0.05, 0.1) is 23.6 Å². The molecule has 3 aliphatic rings. The highest BCUT2D eigenvalue weighted by Crippen LogP contribution is 2.44. The standard InChI is InChI=1S/C29H28FN3O6/c1-16-14-31(10-11-32(16)17(2)34)27-22(30)13-20-26(29(27)39-3)33(19-6-7-19)15-21(28(20)38)23(35)8-4-18-5-9-24(36)25(37)12-18/h4-5,8-9,12-13,15-16,19H,6-7,10-11,14H2,1-3H3. The molecule has 10 heteroatoms. The van der Waals surface area contributed by atoms with Gasteiger partial charge in [0.15, 0.2) is 17.3 Å². The third-order valence-corrected chi connectivity index (χ3v) is 7.35. The number of pyridine rings is 1.